The van der Waals surface area contributed by atoms with Crippen molar-refractivity contribution in [3.63, 3.8) is 0 Å². The number of benzene rings is 1. The van der Waals surface area contributed by atoms with Gasteiger partial charge < -0.3 is 5.32 Å². The average Bonchev–Trinajstić information content (AvgIpc) is 2.58. The molecule has 0 fully saturated rings. The lowest BCUT2D eigenvalue weighted by atomic mass is 10.2. The van der Waals surface area contributed by atoms with E-state index >= 15 is 0 Å². The van der Waals surface area contributed by atoms with Crippen molar-refractivity contribution < 1.29 is 9.59 Å². The van der Waals surface area contributed by atoms with Gasteiger partial charge in [-0.2, -0.15) is 0 Å². The standard InChI is InChI=1S/C16H15BrN4O2/c1-2-7-19-15(22)10-21(13-5-3-4-12(17)9-13)16(23)14-6-8-18-11-20-14/h2-6,8-9,11H,1,7,10H2,(H,19,22). The van der Waals surface area contributed by atoms with E-state index in [1.54, 1.807) is 24.3 Å². The second kappa shape index (κ2) is 8.19. The van der Waals surface area contributed by atoms with Crippen LogP contribution in [0.2, 0.25) is 0 Å². The van der Waals surface area contributed by atoms with Gasteiger partial charge in [0.15, 0.2) is 0 Å². The number of rotatable bonds is 6. The molecule has 1 aromatic heterocycles. The molecule has 1 N–H and O–H groups in total. The maximum Gasteiger partial charge on any atom is 0.277 e. The molecule has 0 saturated carbocycles. The fourth-order valence-corrected chi connectivity index (χ4v) is 2.25. The third-order valence-electron chi connectivity index (χ3n) is 2.91. The summed E-state index contributed by atoms with van der Waals surface area (Å²) in [4.78, 5) is 33.8. The smallest absolute Gasteiger partial charge is 0.277 e. The van der Waals surface area contributed by atoms with E-state index in [2.05, 4.69) is 37.8 Å². The summed E-state index contributed by atoms with van der Waals surface area (Å²) >= 11 is 3.37. The van der Waals surface area contributed by atoms with Crippen LogP contribution in [0.15, 0.2) is 60.0 Å². The molecule has 0 saturated heterocycles. The average molecular weight is 375 g/mol. The van der Waals surface area contributed by atoms with E-state index in [1.165, 1.54) is 23.5 Å². The zero-order valence-corrected chi connectivity index (χ0v) is 13.9. The molecule has 2 aromatic rings. The summed E-state index contributed by atoms with van der Waals surface area (Å²) in [5.41, 5.74) is 0.813. The Kier molecular flexibility index (Phi) is 5.99. The molecule has 2 rings (SSSR count). The Bertz CT molecular complexity index is 706. The predicted octanol–water partition coefficient (Wildman–Crippen LogP) is 2.19. The molecule has 0 unspecified atom stereocenters. The highest BCUT2D eigenvalue weighted by atomic mass is 79.9. The molecule has 118 valence electrons. The Labute approximate surface area is 142 Å². The second-order valence-electron chi connectivity index (χ2n) is 4.56. The molecule has 7 heteroatoms. The van der Waals surface area contributed by atoms with E-state index in [-0.39, 0.29) is 24.1 Å². The van der Waals surface area contributed by atoms with Crippen LogP contribution in [-0.2, 0) is 4.79 Å². The zero-order chi connectivity index (χ0) is 16.7. The molecule has 0 atom stereocenters. The maximum absolute atomic E-state index is 12.7. The van der Waals surface area contributed by atoms with E-state index in [1.807, 2.05) is 6.07 Å². The summed E-state index contributed by atoms with van der Waals surface area (Å²) in [6.45, 7) is 3.77. The third-order valence-corrected chi connectivity index (χ3v) is 3.40. The molecule has 23 heavy (non-hydrogen) atoms. The first-order valence-corrected chi connectivity index (χ1v) is 7.62. The number of hydrogen-bond donors (Lipinski definition) is 1. The molecule has 6 nitrogen and oxygen atoms in total. The van der Waals surface area contributed by atoms with Crippen molar-refractivity contribution in [2.24, 2.45) is 0 Å². The van der Waals surface area contributed by atoms with Gasteiger partial charge in [0.1, 0.15) is 18.6 Å². The molecule has 1 aromatic carbocycles. The molecule has 0 bridgehead atoms. The topological polar surface area (TPSA) is 75.2 Å². The number of nitrogens with zero attached hydrogens (tertiary/aromatic N) is 3. The molecule has 0 aliphatic carbocycles. The van der Waals surface area contributed by atoms with Gasteiger partial charge in [0.2, 0.25) is 5.91 Å². The minimum Gasteiger partial charge on any atom is -0.351 e. The first kappa shape index (κ1) is 16.8. The summed E-state index contributed by atoms with van der Waals surface area (Å²) < 4.78 is 0.807. The first-order valence-electron chi connectivity index (χ1n) is 6.83. The van der Waals surface area contributed by atoms with Gasteiger partial charge in [-0.15, -0.1) is 6.58 Å². The van der Waals surface area contributed by atoms with Gasteiger partial charge in [-0.1, -0.05) is 28.1 Å². The lowest BCUT2D eigenvalue weighted by molar-refractivity contribution is -0.119. The van der Waals surface area contributed by atoms with Crippen molar-refractivity contribution in [3.05, 3.63) is 65.7 Å². The van der Waals surface area contributed by atoms with Gasteiger partial charge in [-0.25, -0.2) is 9.97 Å². The molecule has 0 spiro atoms. The van der Waals surface area contributed by atoms with Crippen molar-refractivity contribution in [2.45, 2.75) is 0 Å². The quantitative estimate of drug-likeness (QED) is 0.786. The van der Waals surface area contributed by atoms with E-state index < -0.39 is 0 Å². The summed E-state index contributed by atoms with van der Waals surface area (Å²) in [5.74, 6) is -0.661. The summed E-state index contributed by atoms with van der Waals surface area (Å²) in [6.07, 6.45) is 4.36. The fraction of sp³-hybridized carbons (Fsp3) is 0.125. The summed E-state index contributed by atoms with van der Waals surface area (Å²) in [7, 11) is 0. The Balaban J connectivity index is 2.29. The third kappa shape index (κ3) is 4.72. The molecule has 0 aliphatic rings. The van der Waals surface area contributed by atoms with Crippen molar-refractivity contribution in [1.29, 1.82) is 0 Å². The largest absolute Gasteiger partial charge is 0.351 e. The second-order valence-corrected chi connectivity index (χ2v) is 5.47. The zero-order valence-electron chi connectivity index (χ0n) is 12.3. The monoisotopic (exact) mass is 374 g/mol. The van der Waals surface area contributed by atoms with Crippen LogP contribution in [0, 0.1) is 0 Å². The predicted molar refractivity (Wildman–Crippen MR) is 91.1 cm³/mol. The van der Waals surface area contributed by atoms with Crippen molar-refractivity contribution in [3.8, 4) is 0 Å². The molecule has 2 amide bonds. The Morgan fingerprint density at radius 2 is 2.17 bits per heavy atom. The van der Waals surface area contributed by atoms with Gasteiger partial charge >= 0.3 is 0 Å². The minimum absolute atomic E-state index is 0.118. The van der Waals surface area contributed by atoms with Gasteiger partial charge in [-0.3, -0.25) is 14.5 Å². The molecule has 0 radical (unpaired) electrons. The van der Waals surface area contributed by atoms with E-state index in [0.29, 0.717) is 12.2 Å². The van der Waals surface area contributed by atoms with Crippen LogP contribution in [-0.4, -0.2) is 34.9 Å². The molecular weight excluding hydrogens is 360 g/mol. The highest BCUT2D eigenvalue weighted by Gasteiger charge is 2.21. The van der Waals surface area contributed by atoms with E-state index in [4.69, 9.17) is 0 Å². The Morgan fingerprint density at radius 1 is 1.35 bits per heavy atom. The van der Waals surface area contributed by atoms with Gasteiger partial charge in [0, 0.05) is 22.9 Å². The normalized spacial score (nSPS) is 9.96. The number of anilines is 1. The van der Waals surface area contributed by atoms with Crippen LogP contribution in [0.1, 0.15) is 10.5 Å². The molecular formula is C16H15BrN4O2. The lowest BCUT2D eigenvalue weighted by Crippen LogP contribution is -2.41. The van der Waals surface area contributed by atoms with Crippen LogP contribution >= 0.6 is 15.9 Å². The Hall–Kier alpha value is -2.54. The van der Waals surface area contributed by atoms with Crippen LogP contribution in [0.25, 0.3) is 0 Å². The number of nitrogens with one attached hydrogen (secondary N) is 1. The summed E-state index contributed by atoms with van der Waals surface area (Å²) in [6, 6.07) is 8.66. The van der Waals surface area contributed by atoms with Crippen LogP contribution < -0.4 is 10.2 Å². The highest BCUT2D eigenvalue weighted by Crippen LogP contribution is 2.21. The fourth-order valence-electron chi connectivity index (χ4n) is 1.87. The maximum atomic E-state index is 12.7. The number of carbonyl (C=O) groups is 2. The minimum atomic E-state index is -0.376. The van der Waals surface area contributed by atoms with Crippen molar-refractivity contribution in [1.82, 2.24) is 15.3 Å². The Morgan fingerprint density at radius 3 is 2.83 bits per heavy atom. The van der Waals surface area contributed by atoms with E-state index in [9.17, 15) is 9.59 Å². The highest BCUT2D eigenvalue weighted by molar-refractivity contribution is 9.10. The summed E-state index contributed by atoms with van der Waals surface area (Å²) in [5, 5.41) is 2.66. The molecule has 1 heterocycles. The van der Waals surface area contributed by atoms with Crippen molar-refractivity contribution in [2.75, 3.05) is 18.0 Å². The lowest BCUT2D eigenvalue weighted by Gasteiger charge is -2.22. The van der Waals surface area contributed by atoms with Gasteiger partial charge in [0.05, 0.1) is 0 Å². The number of aromatic nitrogens is 2. The van der Waals surface area contributed by atoms with Crippen LogP contribution in [0.5, 0.6) is 0 Å². The number of halogens is 1. The first-order chi connectivity index (χ1) is 11.1. The number of hydrogen-bond acceptors (Lipinski definition) is 4. The molecule has 0 aliphatic heterocycles. The van der Waals surface area contributed by atoms with E-state index in [0.717, 1.165) is 4.47 Å². The van der Waals surface area contributed by atoms with Crippen molar-refractivity contribution >= 4 is 33.4 Å². The number of carbonyl (C=O) groups excluding carboxylic acids is 2. The van der Waals surface area contributed by atoms with Gasteiger partial charge in [-0.05, 0) is 24.3 Å². The van der Waals surface area contributed by atoms with Gasteiger partial charge in [0.25, 0.3) is 5.91 Å². The number of amides is 2. The van der Waals surface area contributed by atoms with Crippen LogP contribution in [0.3, 0.4) is 0 Å². The SMILES string of the molecule is C=CCNC(=O)CN(C(=O)c1ccncn1)c1cccc(Br)c1. The van der Waals surface area contributed by atoms with Crippen LogP contribution in [0.4, 0.5) is 5.69 Å².